The Bertz CT molecular complexity index is 535. The standard InChI is InChI=1S/C14H16ClNO6/c15-9-22-13(21)16-14(12(19)20,7-6-11(17)18)8-10-4-2-1-3-5-10/h1-5H,6-9H2,(H,16,21)(H,17,18)(H,19,20)/t14-/m0/s1. The number of benzene rings is 1. The smallest absolute Gasteiger partial charge is 0.409 e. The molecule has 0 aromatic heterocycles. The van der Waals surface area contributed by atoms with Crippen LogP contribution in [0.5, 0.6) is 0 Å². The number of carbonyl (C=O) groups is 3. The third-order valence-corrected chi connectivity index (χ3v) is 3.16. The number of ether oxygens (including phenoxy) is 1. The molecule has 0 fully saturated rings. The number of aliphatic carboxylic acids is 2. The van der Waals surface area contributed by atoms with Crippen LogP contribution in [0.25, 0.3) is 0 Å². The molecule has 3 N–H and O–H groups in total. The Morgan fingerprint density at radius 3 is 2.32 bits per heavy atom. The third-order valence-electron chi connectivity index (χ3n) is 3.05. The summed E-state index contributed by atoms with van der Waals surface area (Å²) < 4.78 is 4.50. The predicted octanol–water partition coefficient (Wildman–Crippen LogP) is 1.84. The van der Waals surface area contributed by atoms with Gasteiger partial charge in [0, 0.05) is 12.8 Å². The Labute approximate surface area is 131 Å². The molecule has 1 aromatic carbocycles. The molecular weight excluding hydrogens is 314 g/mol. The summed E-state index contributed by atoms with van der Waals surface area (Å²) in [6.45, 7) is 0. The number of alkyl halides is 1. The highest BCUT2D eigenvalue weighted by Gasteiger charge is 2.41. The second kappa shape index (κ2) is 8.23. The first-order valence-corrected chi connectivity index (χ1v) is 6.93. The van der Waals surface area contributed by atoms with Gasteiger partial charge in [0.1, 0.15) is 5.54 Å². The molecule has 1 atom stereocenters. The number of halogens is 1. The van der Waals surface area contributed by atoms with Crippen LogP contribution in [-0.4, -0.2) is 39.8 Å². The monoisotopic (exact) mass is 329 g/mol. The molecule has 7 nitrogen and oxygen atoms in total. The average Bonchev–Trinajstić information content (AvgIpc) is 2.45. The molecule has 8 heteroatoms. The molecule has 0 aliphatic heterocycles. The lowest BCUT2D eigenvalue weighted by Crippen LogP contribution is -2.56. The molecule has 0 heterocycles. The zero-order valence-electron chi connectivity index (χ0n) is 11.6. The van der Waals surface area contributed by atoms with Crippen LogP contribution in [0.4, 0.5) is 4.79 Å². The Hall–Kier alpha value is -2.28. The van der Waals surface area contributed by atoms with Crippen LogP contribution in [0.2, 0.25) is 0 Å². The fraction of sp³-hybridized carbons (Fsp3) is 0.357. The van der Waals surface area contributed by atoms with Gasteiger partial charge in [0.25, 0.3) is 0 Å². The van der Waals surface area contributed by atoms with E-state index in [-0.39, 0.29) is 12.8 Å². The van der Waals surface area contributed by atoms with Gasteiger partial charge in [-0.05, 0) is 12.0 Å². The van der Waals surface area contributed by atoms with E-state index in [2.05, 4.69) is 10.1 Å². The summed E-state index contributed by atoms with van der Waals surface area (Å²) in [5.41, 5.74) is -1.15. The lowest BCUT2D eigenvalue weighted by Gasteiger charge is -2.29. The van der Waals surface area contributed by atoms with Crippen LogP contribution in [0.3, 0.4) is 0 Å². The van der Waals surface area contributed by atoms with Crippen molar-refractivity contribution < 1.29 is 29.3 Å². The largest absolute Gasteiger partial charge is 0.481 e. The summed E-state index contributed by atoms with van der Waals surface area (Å²) in [6.07, 6.45) is -1.79. The van der Waals surface area contributed by atoms with Crippen molar-refractivity contribution in [2.24, 2.45) is 0 Å². The summed E-state index contributed by atoms with van der Waals surface area (Å²) in [5.74, 6) is -2.50. The Balaban J connectivity index is 3.05. The molecule has 1 amide bonds. The zero-order chi connectivity index (χ0) is 16.6. The minimum absolute atomic E-state index is 0.0756. The average molecular weight is 330 g/mol. The molecule has 22 heavy (non-hydrogen) atoms. The first kappa shape index (κ1) is 17.8. The minimum Gasteiger partial charge on any atom is -0.481 e. The van der Waals surface area contributed by atoms with Gasteiger partial charge < -0.3 is 20.3 Å². The normalized spacial score (nSPS) is 13.0. The van der Waals surface area contributed by atoms with E-state index in [1.165, 1.54) is 0 Å². The van der Waals surface area contributed by atoms with Crippen LogP contribution >= 0.6 is 11.6 Å². The van der Waals surface area contributed by atoms with Crippen LogP contribution in [0.15, 0.2) is 30.3 Å². The number of hydrogen-bond donors (Lipinski definition) is 3. The Morgan fingerprint density at radius 1 is 1.18 bits per heavy atom. The first-order valence-electron chi connectivity index (χ1n) is 6.39. The van der Waals surface area contributed by atoms with Crippen molar-refractivity contribution in [1.29, 1.82) is 0 Å². The Kier molecular flexibility index (Phi) is 6.65. The third kappa shape index (κ3) is 5.25. The molecule has 0 spiro atoms. The van der Waals surface area contributed by atoms with E-state index >= 15 is 0 Å². The number of amides is 1. The number of nitrogens with one attached hydrogen (secondary N) is 1. The van der Waals surface area contributed by atoms with Gasteiger partial charge in [-0.1, -0.05) is 41.9 Å². The Morgan fingerprint density at radius 2 is 1.82 bits per heavy atom. The number of carbonyl (C=O) groups excluding carboxylic acids is 1. The molecule has 1 rings (SSSR count). The van der Waals surface area contributed by atoms with Crippen molar-refractivity contribution in [2.75, 3.05) is 6.07 Å². The molecule has 0 saturated carbocycles. The number of hydrogen-bond acceptors (Lipinski definition) is 4. The van der Waals surface area contributed by atoms with E-state index in [4.69, 9.17) is 16.7 Å². The SMILES string of the molecule is O=C(O)CC[C@@](Cc1ccccc1)(NC(=O)OCCl)C(=O)O. The van der Waals surface area contributed by atoms with Crippen molar-refractivity contribution in [2.45, 2.75) is 24.8 Å². The molecule has 1 aromatic rings. The second-order valence-electron chi connectivity index (χ2n) is 4.61. The molecule has 0 saturated heterocycles. The molecule has 0 aliphatic carbocycles. The maximum atomic E-state index is 11.7. The van der Waals surface area contributed by atoms with Crippen LogP contribution in [0, 0.1) is 0 Å². The van der Waals surface area contributed by atoms with E-state index in [9.17, 15) is 19.5 Å². The van der Waals surface area contributed by atoms with Crippen molar-refractivity contribution in [3.05, 3.63) is 35.9 Å². The fourth-order valence-corrected chi connectivity index (χ4v) is 2.08. The summed E-state index contributed by atoms with van der Waals surface area (Å²) in [5, 5.41) is 20.5. The highest BCUT2D eigenvalue weighted by atomic mass is 35.5. The first-order chi connectivity index (χ1) is 10.4. The van der Waals surface area contributed by atoms with Gasteiger partial charge in [-0.15, -0.1) is 0 Å². The van der Waals surface area contributed by atoms with Crippen molar-refractivity contribution >= 4 is 29.6 Å². The van der Waals surface area contributed by atoms with Gasteiger partial charge in [-0.3, -0.25) is 4.79 Å². The van der Waals surface area contributed by atoms with Gasteiger partial charge in [0.15, 0.2) is 6.07 Å². The summed E-state index contributed by atoms with van der Waals surface area (Å²) in [6, 6.07) is 8.14. The minimum atomic E-state index is -1.79. The van der Waals surface area contributed by atoms with Gasteiger partial charge in [-0.25, -0.2) is 9.59 Å². The lowest BCUT2D eigenvalue weighted by molar-refractivity contribution is -0.146. The van der Waals surface area contributed by atoms with E-state index in [0.29, 0.717) is 5.56 Å². The van der Waals surface area contributed by atoms with Crippen LogP contribution in [-0.2, 0) is 20.7 Å². The van der Waals surface area contributed by atoms with E-state index < -0.39 is 36.1 Å². The number of carboxylic acid groups (broad SMARTS) is 2. The number of carboxylic acids is 2. The van der Waals surface area contributed by atoms with Crippen molar-refractivity contribution in [3.8, 4) is 0 Å². The topological polar surface area (TPSA) is 113 Å². The fourth-order valence-electron chi connectivity index (χ4n) is 1.98. The summed E-state index contributed by atoms with van der Waals surface area (Å²) in [4.78, 5) is 34.0. The molecule has 0 unspecified atom stereocenters. The number of rotatable bonds is 8. The molecule has 120 valence electrons. The maximum Gasteiger partial charge on any atom is 0.409 e. The highest BCUT2D eigenvalue weighted by Crippen LogP contribution is 2.21. The van der Waals surface area contributed by atoms with E-state index in [0.717, 1.165) is 0 Å². The molecule has 0 aliphatic rings. The zero-order valence-corrected chi connectivity index (χ0v) is 12.4. The van der Waals surface area contributed by atoms with Crippen molar-refractivity contribution in [1.82, 2.24) is 5.32 Å². The van der Waals surface area contributed by atoms with E-state index in [1.807, 2.05) is 0 Å². The summed E-state index contributed by atoms with van der Waals surface area (Å²) >= 11 is 5.27. The highest BCUT2D eigenvalue weighted by molar-refractivity contribution is 6.17. The molecular formula is C14H16ClNO6. The van der Waals surface area contributed by atoms with Crippen molar-refractivity contribution in [3.63, 3.8) is 0 Å². The molecule has 0 radical (unpaired) electrons. The van der Waals surface area contributed by atoms with Crippen LogP contribution < -0.4 is 5.32 Å². The summed E-state index contributed by atoms with van der Waals surface area (Å²) in [7, 11) is 0. The number of alkyl carbamates (subject to hydrolysis) is 1. The molecule has 0 bridgehead atoms. The second-order valence-corrected chi connectivity index (χ2v) is 4.83. The lowest BCUT2D eigenvalue weighted by atomic mass is 9.86. The van der Waals surface area contributed by atoms with Gasteiger partial charge in [0.05, 0.1) is 0 Å². The van der Waals surface area contributed by atoms with Gasteiger partial charge >= 0.3 is 18.0 Å². The van der Waals surface area contributed by atoms with Crippen LogP contribution in [0.1, 0.15) is 18.4 Å². The van der Waals surface area contributed by atoms with Gasteiger partial charge in [-0.2, -0.15) is 0 Å². The quantitative estimate of drug-likeness (QED) is 0.627. The van der Waals surface area contributed by atoms with E-state index in [1.54, 1.807) is 30.3 Å². The maximum absolute atomic E-state index is 11.7. The van der Waals surface area contributed by atoms with Gasteiger partial charge in [0.2, 0.25) is 0 Å². The predicted molar refractivity (Wildman–Crippen MR) is 77.7 cm³/mol.